The number of hydrogen-bond acceptors (Lipinski definition) is 2. The summed E-state index contributed by atoms with van der Waals surface area (Å²) >= 11 is 3.31. The van der Waals surface area contributed by atoms with E-state index in [0.29, 0.717) is 0 Å². The van der Waals surface area contributed by atoms with E-state index in [4.69, 9.17) is 0 Å². The number of rotatable bonds is 1. The molecule has 0 N–H and O–H groups in total. The number of halogens is 1. The number of aromatic nitrogens is 1. The molecular formula is C11H13BrN2O. The van der Waals surface area contributed by atoms with E-state index < -0.39 is 0 Å². The van der Waals surface area contributed by atoms with Crippen LogP contribution in [0.5, 0.6) is 0 Å². The smallest absolute Gasteiger partial charge is 0.219 e. The van der Waals surface area contributed by atoms with Crippen molar-refractivity contribution in [3.05, 3.63) is 28.5 Å². The first kappa shape index (κ1) is 10.6. The molecular weight excluding hydrogens is 256 g/mol. The lowest BCUT2D eigenvalue weighted by Crippen LogP contribution is -2.28. The number of amides is 1. The summed E-state index contributed by atoms with van der Waals surface area (Å²) in [5.41, 5.74) is 1.13. The highest BCUT2D eigenvalue weighted by Crippen LogP contribution is 2.31. The molecule has 0 radical (unpaired) electrons. The Kier molecular flexibility index (Phi) is 3.05. The maximum atomic E-state index is 11.4. The van der Waals surface area contributed by atoms with E-state index in [2.05, 4.69) is 20.9 Å². The van der Waals surface area contributed by atoms with Gasteiger partial charge in [0, 0.05) is 19.7 Å². The molecule has 3 nitrogen and oxygen atoms in total. The van der Waals surface area contributed by atoms with Crippen LogP contribution in [0.25, 0.3) is 0 Å². The minimum Gasteiger partial charge on any atom is -0.336 e. The van der Waals surface area contributed by atoms with Crippen molar-refractivity contribution >= 4 is 21.8 Å². The summed E-state index contributed by atoms with van der Waals surface area (Å²) in [6.45, 7) is 2.50. The van der Waals surface area contributed by atoms with Gasteiger partial charge in [0.05, 0.1) is 6.04 Å². The Morgan fingerprint density at radius 1 is 1.60 bits per heavy atom. The van der Waals surface area contributed by atoms with Crippen LogP contribution in [0.15, 0.2) is 22.9 Å². The average Bonchev–Trinajstić information content (AvgIpc) is 2.67. The van der Waals surface area contributed by atoms with Crippen LogP contribution in [0.3, 0.4) is 0 Å². The maximum absolute atomic E-state index is 11.4. The van der Waals surface area contributed by atoms with Gasteiger partial charge in [0.1, 0.15) is 4.60 Å². The zero-order valence-electron chi connectivity index (χ0n) is 8.61. The summed E-state index contributed by atoms with van der Waals surface area (Å²) in [5.74, 6) is 0.153. The van der Waals surface area contributed by atoms with Gasteiger partial charge in [-0.15, -0.1) is 0 Å². The molecule has 80 valence electrons. The first-order valence-electron chi connectivity index (χ1n) is 5.07. The molecule has 2 heterocycles. The Morgan fingerprint density at radius 3 is 3.00 bits per heavy atom. The van der Waals surface area contributed by atoms with Gasteiger partial charge in [-0.3, -0.25) is 4.79 Å². The number of carbonyl (C=O) groups is 1. The van der Waals surface area contributed by atoms with E-state index in [1.807, 2.05) is 23.2 Å². The highest BCUT2D eigenvalue weighted by atomic mass is 79.9. The van der Waals surface area contributed by atoms with E-state index in [9.17, 15) is 4.79 Å². The lowest BCUT2D eigenvalue weighted by molar-refractivity contribution is -0.129. The molecule has 1 aliphatic heterocycles. The largest absolute Gasteiger partial charge is 0.336 e. The van der Waals surface area contributed by atoms with Crippen LogP contribution < -0.4 is 0 Å². The van der Waals surface area contributed by atoms with Crippen molar-refractivity contribution in [3.8, 4) is 0 Å². The summed E-state index contributed by atoms with van der Waals surface area (Å²) in [6, 6.07) is 4.18. The zero-order chi connectivity index (χ0) is 10.8. The molecule has 1 aliphatic rings. The van der Waals surface area contributed by atoms with Crippen LogP contribution in [0.4, 0.5) is 0 Å². The molecule has 1 unspecified atom stereocenters. The van der Waals surface area contributed by atoms with Crippen molar-refractivity contribution in [2.75, 3.05) is 6.54 Å². The molecule has 0 aromatic carbocycles. The summed E-state index contributed by atoms with van der Waals surface area (Å²) in [4.78, 5) is 17.5. The maximum Gasteiger partial charge on any atom is 0.219 e. The number of carbonyl (C=O) groups excluding carboxylic acids is 1. The minimum atomic E-state index is 0.153. The third-order valence-electron chi connectivity index (χ3n) is 2.79. The Morgan fingerprint density at radius 2 is 2.40 bits per heavy atom. The average molecular weight is 269 g/mol. The molecule has 15 heavy (non-hydrogen) atoms. The van der Waals surface area contributed by atoms with Crippen molar-refractivity contribution in [1.29, 1.82) is 0 Å². The number of hydrogen-bond donors (Lipinski definition) is 0. The highest BCUT2D eigenvalue weighted by Gasteiger charge is 2.27. The van der Waals surface area contributed by atoms with Gasteiger partial charge in [0.25, 0.3) is 0 Å². The van der Waals surface area contributed by atoms with Crippen LogP contribution in [0, 0.1) is 0 Å². The molecule has 0 bridgehead atoms. The van der Waals surface area contributed by atoms with E-state index >= 15 is 0 Å². The zero-order valence-corrected chi connectivity index (χ0v) is 10.2. The van der Waals surface area contributed by atoms with Crippen LogP contribution >= 0.6 is 15.9 Å². The monoisotopic (exact) mass is 268 g/mol. The quantitative estimate of drug-likeness (QED) is 0.734. The second-order valence-corrected chi connectivity index (χ2v) is 4.60. The van der Waals surface area contributed by atoms with Crippen molar-refractivity contribution in [1.82, 2.24) is 9.88 Å². The molecule has 1 saturated heterocycles. The first-order valence-corrected chi connectivity index (χ1v) is 5.86. The second kappa shape index (κ2) is 4.31. The molecule has 1 atom stereocenters. The molecule has 1 aromatic heterocycles. The van der Waals surface area contributed by atoms with Gasteiger partial charge in [-0.1, -0.05) is 6.07 Å². The van der Waals surface area contributed by atoms with Crippen LogP contribution in [-0.2, 0) is 4.79 Å². The normalized spacial score (nSPS) is 20.7. The molecule has 1 amide bonds. The van der Waals surface area contributed by atoms with Gasteiger partial charge in [-0.25, -0.2) is 4.98 Å². The third kappa shape index (κ3) is 2.20. The van der Waals surface area contributed by atoms with Crippen LogP contribution in [0.1, 0.15) is 31.4 Å². The van der Waals surface area contributed by atoms with E-state index in [-0.39, 0.29) is 11.9 Å². The third-order valence-corrected chi connectivity index (χ3v) is 3.26. The fraction of sp³-hybridized carbons (Fsp3) is 0.455. The first-order chi connectivity index (χ1) is 7.18. The fourth-order valence-electron chi connectivity index (χ4n) is 2.07. The Labute approximate surface area is 97.6 Å². The molecule has 1 aromatic rings. The Hall–Kier alpha value is -0.900. The summed E-state index contributed by atoms with van der Waals surface area (Å²) in [7, 11) is 0. The SMILES string of the molecule is CC(=O)N1CCCC1c1ccc(Br)nc1. The van der Waals surface area contributed by atoms with Gasteiger partial charge in [-0.2, -0.15) is 0 Å². The van der Waals surface area contributed by atoms with Crippen LogP contribution in [0.2, 0.25) is 0 Å². The lowest BCUT2D eigenvalue weighted by Gasteiger charge is -2.23. The summed E-state index contributed by atoms with van der Waals surface area (Å²) in [6.07, 6.45) is 3.97. The number of nitrogens with zero attached hydrogens (tertiary/aromatic N) is 2. The van der Waals surface area contributed by atoms with Gasteiger partial charge in [0.15, 0.2) is 0 Å². The van der Waals surface area contributed by atoms with E-state index in [0.717, 1.165) is 29.6 Å². The Bertz CT molecular complexity index is 363. The molecule has 0 saturated carbocycles. The minimum absolute atomic E-state index is 0.153. The fourth-order valence-corrected chi connectivity index (χ4v) is 2.31. The van der Waals surface area contributed by atoms with Gasteiger partial charge < -0.3 is 4.90 Å². The standard InChI is InChI=1S/C11H13BrN2O/c1-8(15)14-6-2-3-10(14)9-4-5-11(12)13-7-9/h4-5,7,10H,2-3,6H2,1H3. The number of pyridine rings is 1. The molecule has 2 rings (SSSR count). The molecule has 1 fully saturated rings. The second-order valence-electron chi connectivity index (χ2n) is 3.78. The van der Waals surface area contributed by atoms with Crippen molar-refractivity contribution in [2.45, 2.75) is 25.8 Å². The van der Waals surface area contributed by atoms with Gasteiger partial charge in [-0.05, 0) is 40.4 Å². The Balaban J connectivity index is 2.22. The summed E-state index contributed by atoms with van der Waals surface area (Å²) < 4.78 is 0.832. The van der Waals surface area contributed by atoms with E-state index in [1.54, 1.807) is 6.92 Å². The number of likely N-dealkylation sites (tertiary alicyclic amines) is 1. The summed E-state index contributed by atoms with van der Waals surface area (Å²) in [5, 5.41) is 0. The topological polar surface area (TPSA) is 33.2 Å². The molecule has 4 heteroatoms. The highest BCUT2D eigenvalue weighted by molar-refractivity contribution is 9.10. The molecule has 0 aliphatic carbocycles. The molecule has 0 spiro atoms. The van der Waals surface area contributed by atoms with Gasteiger partial charge in [0.2, 0.25) is 5.91 Å². The predicted molar refractivity (Wildman–Crippen MR) is 61.3 cm³/mol. The van der Waals surface area contributed by atoms with Gasteiger partial charge >= 0.3 is 0 Å². The van der Waals surface area contributed by atoms with Crippen LogP contribution in [-0.4, -0.2) is 22.3 Å². The van der Waals surface area contributed by atoms with Crippen molar-refractivity contribution in [3.63, 3.8) is 0 Å². The lowest BCUT2D eigenvalue weighted by atomic mass is 10.1. The van der Waals surface area contributed by atoms with Crippen molar-refractivity contribution < 1.29 is 4.79 Å². The van der Waals surface area contributed by atoms with E-state index in [1.165, 1.54) is 0 Å². The van der Waals surface area contributed by atoms with Crippen molar-refractivity contribution in [2.24, 2.45) is 0 Å². The predicted octanol–water partition coefficient (Wildman–Crippen LogP) is 2.53.